The number of rotatable bonds is 8. The van der Waals surface area contributed by atoms with Crippen LogP contribution >= 0.6 is 0 Å². The molecule has 148 valence electrons. The third-order valence-electron chi connectivity index (χ3n) is 4.23. The lowest BCUT2D eigenvalue weighted by Crippen LogP contribution is -2.16. The Morgan fingerprint density at radius 2 is 1.59 bits per heavy atom. The van der Waals surface area contributed by atoms with Crippen molar-refractivity contribution in [3.8, 4) is 5.75 Å². The van der Waals surface area contributed by atoms with E-state index in [1.54, 1.807) is 6.21 Å². The van der Waals surface area contributed by atoms with E-state index in [1.807, 2.05) is 67.6 Å². The first-order valence-electron chi connectivity index (χ1n) is 9.39. The summed E-state index contributed by atoms with van der Waals surface area (Å²) in [5, 5.41) is 6.66. The fourth-order valence-electron chi connectivity index (χ4n) is 2.59. The van der Waals surface area contributed by atoms with Gasteiger partial charge in [0.25, 0.3) is 5.91 Å². The van der Waals surface area contributed by atoms with Gasteiger partial charge in [-0.2, -0.15) is 0 Å². The summed E-state index contributed by atoms with van der Waals surface area (Å²) < 4.78 is 5.90. The molecule has 3 aromatic rings. The molecule has 0 radical (unpaired) electrons. The number of para-hydroxylation sites is 1. The highest BCUT2D eigenvalue weighted by atomic mass is 16.6. The molecule has 0 aromatic heterocycles. The first kappa shape index (κ1) is 20.1. The summed E-state index contributed by atoms with van der Waals surface area (Å²) in [5.41, 5.74) is 4.94. The lowest BCUT2D eigenvalue weighted by atomic mass is 10.1. The molecule has 29 heavy (non-hydrogen) atoms. The number of hydrogen-bond donors (Lipinski definition) is 1. The van der Waals surface area contributed by atoms with E-state index >= 15 is 0 Å². The number of aryl methyl sites for hydroxylation is 2. The maximum absolute atomic E-state index is 11.9. The number of carbonyl (C=O) groups excluding carboxylic acids is 1. The molecule has 0 saturated carbocycles. The van der Waals surface area contributed by atoms with Gasteiger partial charge in [0.05, 0.1) is 6.21 Å². The maximum Gasteiger partial charge on any atom is 0.265 e. The van der Waals surface area contributed by atoms with Gasteiger partial charge in [-0.3, -0.25) is 4.79 Å². The van der Waals surface area contributed by atoms with Crippen LogP contribution in [0.2, 0.25) is 0 Å². The Morgan fingerprint density at radius 3 is 2.31 bits per heavy atom. The van der Waals surface area contributed by atoms with Crippen molar-refractivity contribution in [2.75, 3.05) is 11.9 Å². The second-order valence-electron chi connectivity index (χ2n) is 6.73. The molecule has 0 heterocycles. The zero-order valence-corrected chi connectivity index (χ0v) is 16.6. The van der Waals surface area contributed by atoms with Gasteiger partial charge in [-0.1, -0.05) is 64.8 Å². The standard InChI is InChI=1S/C24H24N2O3/c1-18-7-11-20(12-8-18)16-28-23-6-4-3-5-21(23)15-25-29-17-24(27)26-22-13-9-19(2)10-14-22/h3-15H,16-17H2,1-2H3,(H,26,27). The molecule has 0 unspecified atom stereocenters. The minimum absolute atomic E-state index is 0.170. The summed E-state index contributed by atoms with van der Waals surface area (Å²) >= 11 is 0. The molecule has 0 fully saturated rings. The van der Waals surface area contributed by atoms with Crippen LogP contribution in [0.15, 0.2) is 78.0 Å². The molecule has 0 aliphatic carbocycles. The largest absolute Gasteiger partial charge is 0.488 e. The van der Waals surface area contributed by atoms with Gasteiger partial charge in [-0.05, 0) is 43.7 Å². The zero-order chi connectivity index (χ0) is 20.5. The smallest absolute Gasteiger partial charge is 0.265 e. The van der Waals surface area contributed by atoms with Crippen LogP contribution < -0.4 is 10.1 Å². The molecule has 1 N–H and O–H groups in total. The van der Waals surface area contributed by atoms with E-state index in [0.717, 1.165) is 22.4 Å². The zero-order valence-electron chi connectivity index (χ0n) is 16.6. The van der Waals surface area contributed by atoms with Gasteiger partial charge >= 0.3 is 0 Å². The first-order chi connectivity index (χ1) is 14.1. The van der Waals surface area contributed by atoms with E-state index in [4.69, 9.17) is 9.57 Å². The molecule has 3 rings (SSSR count). The third kappa shape index (κ3) is 6.50. The van der Waals surface area contributed by atoms with Crippen molar-refractivity contribution >= 4 is 17.8 Å². The molecule has 1 amide bonds. The minimum atomic E-state index is -0.269. The van der Waals surface area contributed by atoms with Crippen LogP contribution in [-0.2, 0) is 16.2 Å². The first-order valence-corrected chi connectivity index (χ1v) is 9.39. The van der Waals surface area contributed by atoms with Crippen molar-refractivity contribution in [2.45, 2.75) is 20.5 Å². The Kier molecular flexibility index (Phi) is 7.00. The minimum Gasteiger partial charge on any atom is -0.488 e. The molecule has 0 atom stereocenters. The van der Waals surface area contributed by atoms with Gasteiger partial charge in [0.1, 0.15) is 12.4 Å². The number of amides is 1. The van der Waals surface area contributed by atoms with Crippen molar-refractivity contribution in [1.82, 2.24) is 0 Å². The lowest BCUT2D eigenvalue weighted by Gasteiger charge is -2.09. The number of ether oxygens (including phenoxy) is 1. The van der Waals surface area contributed by atoms with E-state index in [9.17, 15) is 4.79 Å². The van der Waals surface area contributed by atoms with Crippen LogP contribution in [0, 0.1) is 13.8 Å². The van der Waals surface area contributed by atoms with Gasteiger partial charge in [0.2, 0.25) is 0 Å². The highest BCUT2D eigenvalue weighted by molar-refractivity contribution is 5.91. The summed E-state index contributed by atoms with van der Waals surface area (Å²) in [5.74, 6) is 0.430. The summed E-state index contributed by atoms with van der Waals surface area (Å²) in [6.07, 6.45) is 1.55. The summed E-state index contributed by atoms with van der Waals surface area (Å²) in [7, 11) is 0. The van der Waals surface area contributed by atoms with Gasteiger partial charge in [0, 0.05) is 11.3 Å². The van der Waals surface area contributed by atoms with Gasteiger partial charge in [0.15, 0.2) is 6.61 Å². The molecule has 0 aliphatic heterocycles. The van der Waals surface area contributed by atoms with Crippen LogP contribution in [0.4, 0.5) is 5.69 Å². The number of nitrogens with zero attached hydrogens (tertiary/aromatic N) is 1. The lowest BCUT2D eigenvalue weighted by molar-refractivity contribution is -0.120. The monoisotopic (exact) mass is 388 g/mol. The van der Waals surface area contributed by atoms with E-state index in [2.05, 4.69) is 29.5 Å². The topological polar surface area (TPSA) is 59.9 Å². The number of anilines is 1. The second kappa shape index (κ2) is 10.1. The Hall–Kier alpha value is -3.60. The van der Waals surface area contributed by atoms with Crippen LogP contribution in [0.3, 0.4) is 0 Å². The van der Waals surface area contributed by atoms with Gasteiger partial charge < -0.3 is 14.9 Å². The molecule has 0 saturated heterocycles. The van der Waals surface area contributed by atoms with Crippen LogP contribution in [0.25, 0.3) is 0 Å². The summed E-state index contributed by atoms with van der Waals surface area (Å²) in [6, 6.07) is 23.3. The third-order valence-corrected chi connectivity index (χ3v) is 4.23. The van der Waals surface area contributed by atoms with Crippen molar-refractivity contribution in [2.24, 2.45) is 5.16 Å². The molecule has 5 nitrogen and oxygen atoms in total. The molecule has 0 bridgehead atoms. The van der Waals surface area contributed by atoms with Crippen molar-refractivity contribution < 1.29 is 14.4 Å². The molecule has 5 heteroatoms. The molecule has 0 aliphatic rings. The Labute approximate surface area is 171 Å². The number of hydrogen-bond acceptors (Lipinski definition) is 4. The second-order valence-corrected chi connectivity index (χ2v) is 6.73. The number of benzene rings is 3. The fourth-order valence-corrected chi connectivity index (χ4v) is 2.59. The Balaban J connectivity index is 1.50. The SMILES string of the molecule is Cc1ccc(COc2ccccc2C=NOCC(=O)Nc2ccc(C)cc2)cc1. The van der Waals surface area contributed by atoms with Gasteiger partial charge in [-0.25, -0.2) is 0 Å². The quantitative estimate of drug-likeness (QED) is 0.442. The van der Waals surface area contributed by atoms with Gasteiger partial charge in [-0.15, -0.1) is 0 Å². The van der Waals surface area contributed by atoms with Crippen LogP contribution in [0.1, 0.15) is 22.3 Å². The van der Waals surface area contributed by atoms with Crippen LogP contribution in [0.5, 0.6) is 5.75 Å². The van der Waals surface area contributed by atoms with E-state index < -0.39 is 0 Å². The summed E-state index contributed by atoms with van der Waals surface area (Å²) in [6.45, 7) is 4.34. The number of carbonyl (C=O) groups is 1. The molecular formula is C24H24N2O3. The molecule has 3 aromatic carbocycles. The summed E-state index contributed by atoms with van der Waals surface area (Å²) in [4.78, 5) is 17.1. The number of nitrogens with one attached hydrogen (secondary N) is 1. The van der Waals surface area contributed by atoms with Crippen LogP contribution in [-0.4, -0.2) is 18.7 Å². The maximum atomic E-state index is 11.9. The average molecular weight is 388 g/mol. The predicted octanol–water partition coefficient (Wildman–Crippen LogP) is 4.87. The van der Waals surface area contributed by atoms with Crippen molar-refractivity contribution in [3.63, 3.8) is 0 Å². The van der Waals surface area contributed by atoms with Crippen molar-refractivity contribution in [3.05, 3.63) is 95.1 Å². The Morgan fingerprint density at radius 1 is 0.931 bits per heavy atom. The highest BCUT2D eigenvalue weighted by Crippen LogP contribution is 2.18. The Bertz CT molecular complexity index is 964. The van der Waals surface area contributed by atoms with E-state index in [1.165, 1.54) is 5.56 Å². The predicted molar refractivity (Wildman–Crippen MR) is 115 cm³/mol. The van der Waals surface area contributed by atoms with E-state index in [0.29, 0.717) is 12.4 Å². The highest BCUT2D eigenvalue weighted by Gasteiger charge is 2.04. The van der Waals surface area contributed by atoms with Crippen molar-refractivity contribution in [1.29, 1.82) is 0 Å². The molecular weight excluding hydrogens is 364 g/mol. The normalized spacial score (nSPS) is 10.7. The number of oxime groups is 1. The molecule has 0 spiro atoms. The fraction of sp³-hybridized carbons (Fsp3) is 0.167. The average Bonchev–Trinajstić information content (AvgIpc) is 2.73. The van der Waals surface area contributed by atoms with E-state index in [-0.39, 0.29) is 12.5 Å².